The Morgan fingerprint density at radius 3 is 2.47 bits per heavy atom. The Kier molecular flexibility index (Phi) is 3.92. The smallest absolute Gasteiger partial charge is 0.258 e. The van der Waals surface area contributed by atoms with E-state index in [0.29, 0.717) is 5.69 Å². The molecule has 2 rings (SSSR count). The number of carbonyl (C=O) groups is 1. The first kappa shape index (κ1) is 13.2. The van der Waals surface area contributed by atoms with Gasteiger partial charge in [-0.2, -0.15) is 0 Å². The number of hydrogen-bond donors (Lipinski definition) is 2. The van der Waals surface area contributed by atoms with Crippen molar-refractivity contribution in [3.05, 3.63) is 65.0 Å². The van der Waals surface area contributed by atoms with Crippen LogP contribution in [-0.4, -0.2) is 11.0 Å². The van der Waals surface area contributed by atoms with Crippen LogP contribution in [0.15, 0.2) is 42.5 Å². The van der Waals surface area contributed by atoms with Crippen LogP contribution in [0.4, 0.5) is 10.1 Å². The van der Waals surface area contributed by atoms with Crippen molar-refractivity contribution in [1.29, 1.82) is 0 Å². The zero-order valence-electron chi connectivity index (χ0n) is 10.5. The maximum absolute atomic E-state index is 13.6. The standard InChI is InChI=1S/C15H14FNO2/c1-10-2-7-13(14(16)8-10)15(19)17-12-5-3-11(9-18)4-6-12/h2-8,18H,9H2,1H3,(H,17,19). The second-order valence-electron chi connectivity index (χ2n) is 4.29. The fourth-order valence-corrected chi connectivity index (χ4v) is 1.70. The van der Waals surface area contributed by atoms with Crippen LogP contribution in [-0.2, 0) is 6.61 Å². The number of hydrogen-bond acceptors (Lipinski definition) is 2. The highest BCUT2D eigenvalue weighted by Gasteiger charge is 2.11. The molecule has 0 fully saturated rings. The van der Waals surface area contributed by atoms with E-state index in [1.807, 2.05) is 0 Å². The Bertz CT molecular complexity index is 594. The molecule has 0 spiro atoms. The first-order valence-electron chi connectivity index (χ1n) is 5.87. The molecule has 0 saturated carbocycles. The summed E-state index contributed by atoms with van der Waals surface area (Å²) in [6.45, 7) is 1.71. The molecule has 1 amide bonds. The van der Waals surface area contributed by atoms with Crippen LogP contribution in [0.5, 0.6) is 0 Å². The second-order valence-corrected chi connectivity index (χ2v) is 4.29. The number of aliphatic hydroxyl groups excluding tert-OH is 1. The van der Waals surface area contributed by atoms with Crippen molar-refractivity contribution in [2.24, 2.45) is 0 Å². The van der Waals surface area contributed by atoms with Crippen molar-refractivity contribution in [2.75, 3.05) is 5.32 Å². The van der Waals surface area contributed by atoms with Crippen molar-refractivity contribution in [3.8, 4) is 0 Å². The minimum atomic E-state index is -0.538. The molecule has 19 heavy (non-hydrogen) atoms. The quantitative estimate of drug-likeness (QED) is 0.890. The first-order valence-corrected chi connectivity index (χ1v) is 5.87. The molecule has 0 atom stereocenters. The van der Waals surface area contributed by atoms with Crippen LogP contribution in [0.2, 0.25) is 0 Å². The number of benzene rings is 2. The molecule has 0 aromatic heterocycles. The Hall–Kier alpha value is -2.20. The number of aliphatic hydroxyl groups is 1. The summed E-state index contributed by atoms with van der Waals surface area (Å²) in [4.78, 5) is 11.9. The van der Waals surface area contributed by atoms with E-state index in [1.165, 1.54) is 12.1 Å². The third kappa shape index (κ3) is 3.17. The predicted octanol–water partition coefficient (Wildman–Crippen LogP) is 2.88. The highest BCUT2D eigenvalue weighted by molar-refractivity contribution is 6.04. The molecule has 0 aliphatic heterocycles. The lowest BCUT2D eigenvalue weighted by Gasteiger charge is -2.07. The molecule has 3 nitrogen and oxygen atoms in total. The monoisotopic (exact) mass is 259 g/mol. The average Bonchev–Trinajstić information content (AvgIpc) is 2.39. The summed E-state index contributed by atoms with van der Waals surface area (Å²) in [5.41, 5.74) is 2.08. The van der Waals surface area contributed by atoms with E-state index in [0.717, 1.165) is 11.1 Å². The normalized spacial score (nSPS) is 10.3. The molecule has 0 aliphatic carbocycles. The van der Waals surface area contributed by atoms with Crippen LogP contribution in [0.3, 0.4) is 0 Å². The van der Waals surface area contributed by atoms with E-state index >= 15 is 0 Å². The largest absolute Gasteiger partial charge is 0.392 e. The number of rotatable bonds is 3. The highest BCUT2D eigenvalue weighted by Crippen LogP contribution is 2.14. The number of carbonyl (C=O) groups excluding carboxylic acids is 1. The van der Waals surface area contributed by atoms with Gasteiger partial charge in [0.05, 0.1) is 12.2 Å². The van der Waals surface area contributed by atoms with Crippen LogP contribution in [0.1, 0.15) is 21.5 Å². The van der Waals surface area contributed by atoms with Crippen molar-refractivity contribution in [1.82, 2.24) is 0 Å². The van der Waals surface area contributed by atoms with Gasteiger partial charge in [-0.15, -0.1) is 0 Å². The molecular weight excluding hydrogens is 245 g/mol. The van der Waals surface area contributed by atoms with E-state index in [1.54, 1.807) is 37.3 Å². The van der Waals surface area contributed by atoms with E-state index in [4.69, 9.17) is 5.11 Å². The number of amides is 1. The highest BCUT2D eigenvalue weighted by atomic mass is 19.1. The molecule has 0 heterocycles. The molecule has 98 valence electrons. The van der Waals surface area contributed by atoms with Gasteiger partial charge < -0.3 is 10.4 Å². The van der Waals surface area contributed by atoms with Crippen molar-refractivity contribution < 1.29 is 14.3 Å². The van der Waals surface area contributed by atoms with Gasteiger partial charge in [-0.1, -0.05) is 18.2 Å². The summed E-state index contributed by atoms with van der Waals surface area (Å²) in [6.07, 6.45) is 0. The fraction of sp³-hybridized carbons (Fsp3) is 0.133. The van der Waals surface area contributed by atoms with Crippen molar-refractivity contribution >= 4 is 11.6 Å². The molecule has 2 aromatic carbocycles. The number of anilines is 1. The molecule has 0 saturated heterocycles. The summed E-state index contributed by atoms with van der Waals surface area (Å²) >= 11 is 0. The summed E-state index contributed by atoms with van der Waals surface area (Å²) in [6, 6.07) is 11.2. The molecular formula is C15H14FNO2. The zero-order chi connectivity index (χ0) is 13.8. The minimum absolute atomic E-state index is 0.0110. The maximum atomic E-state index is 13.6. The number of aryl methyl sites for hydroxylation is 1. The van der Waals surface area contributed by atoms with Gasteiger partial charge in [-0.3, -0.25) is 4.79 Å². The van der Waals surface area contributed by atoms with Gasteiger partial charge in [0.25, 0.3) is 5.91 Å². The summed E-state index contributed by atoms with van der Waals surface area (Å²) in [5.74, 6) is -1.03. The third-order valence-electron chi connectivity index (χ3n) is 2.76. The van der Waals surface area contributed by atoms with Crippen molar-refractivity contribution in [2.45, 2.75) is 13.5 Å². The zero-order valence-corrected chi connectivity index (χ0v) is 10.5. The lowest BCUT2D eigenvalue weighted by Crippen LogP contribution is -2.13. The van der Waals surface area contributed by atoms with Gasteiger partial charge in [0.15, 0.2) is 0 Å². The predicted molar refractivity (Wildman–Crippen MR) is 71.5 cm³/mol. The van der Waals surface area contributed by atoms with Crippen molar-refractivity contribution in [3.63, 3.8) is 0 Å². The molecule has 0 bridgehead atoms. The van der Waals surface area contributed by atoms with Crippen LogP contribution >= 0.6 is 0 Å². The van der Waals surface area contributed by atoms with Gasteiger partial charge in [0.2, 0.25) is 0 Å². The van der Waals surface area contributed by atoms with E-state index in [9.17, 15) is 9.18 Å². The summed E-state index contributed by atoms with van der Waals surface area (Å²) < 4.78 is 13.6. The molecule has 0 aliphatic rings. The molecule has 0 unspecified atom stereocenters. The molecule has 2 aromatic rings. The third-order valence-corrected chi connectivity index (χ3v) is 2.76. The minimum Gasteiger partial charge on any atom is -0.392 e. The Labute approximate surface area is 110 Å². The van der Waals surface area contributed by atoms with E-state index < -0.39 is 11.7 Å². The van der Waals surface area contributed by atoms with E-state index in [-0.39, 0.29) is 12.2 Å². The molecule has 2 N–H and O–H groups in total. The SMILES string of the molecule is Cc1ccc(C(=O)Nc2ccc(CO)cc2)c(F)c1. The van der Waals surface area contributed by atoms with Gasteiger partial charge in [0.1, 0.15) is 5.82 Å². The van der Waals surface area contributed by atoms with Gasteiger partial charge in [0, 0.05) is 5.69 Å². The van der Waals surface area contributed by atoms with Gasteiger partial charge in [-0.05, 0) is 42.3 Å². The van der Waals surface area contributed by atoms with Crippen LogP contribution in [0.25, 0.3) is 0 Å². The second kappa shape index (κ2) is 5.63. The van der Waals surface area contributed by atoms with Gasteiger partial charge >= 0.3 is 0 Å². The first-order chi connectivity index (χ1) is 9.10. The lowest BCUT2D eigenvalue weighted by atomic mass is 10.1. The van der Waals surface area contributed by atoms with Gasteiger partial charge in [-0.25, -0.2) is 4.39 Å². The summed E-state index contributed by atoms with van der Waals surface area (Å²) in [5, 5.41) is 11.5. The fourth-order valence-electron chi connectivity index (χ4n) is 1.70. The molecule has 0 radical (unpaired) electrons. The Morgan fingerprint density at radius 1 is 1.21 bits per heavy atom. The van der Waals surface area contributed by atoms with Crippen LogP contribution in [0, 0.1) is 12.7 Å². The lowest BCUT2D eigenvalue weighted by molar-refractivity contribution is 0.102. The Morgan fingerprint density at radius 2 is 1.89 bits per heavy atom. The Balaban J connectivity index is 2.15. The topological polar surface area (TPSA) is 49.3 Å². The number of halogens is 1. The van der Waals surface area contributed by atoms with Crippen LogP contribution < -0.4 is 5.32 Å². The number of nitrogens with one attached hydrogen (secondary N) is 1. The average molecular weight is 259 g/mol. The van der Waals surface area contributed by atoms with E-state index in [2.05, 4.69) is 5.32 Å². The molecule has 4 heteroatoms. The summed E-state index contributed by atoms with van der Waals surface area (Å²) in [7, 11) is 0. The maximum Gasteiger partial charge on any atom is 0.258 e.